The zero-order valence-corrected chi connectivity index (χ0v) is 31.8. The number of likely N-dealkylation sites (N-methyl/N-ethyl adjacent to an activating group) is 1. The molecule has 46 heavy (non-hydrogen) atoms. The standard InChI is InChI=1S/C34H32ClI2N3O5S/c1-6-39(7-2)33(42)29-19(3)38-34-40(30(29)23-17-22(43-4)12-13-27(23)44-5)32(41)28(46-34)16-20-14-25(36)31(26(37)15-20)45-18-21-10-8-9-11-24(21)35/h8-17,30H,6-7,18H2,1-5H3/b28-16+/t30-/m0/s1. The van der Waals surface area contributed by atoms with Crippen molar-refractivity contribution in [3.05, 3.63) is 114 Å². The number of nitrogens with zero attached hydrogens (tertiary/aromatic N) is 3. The molecule has 0 radical (unpaired) electrons. The molecule has 8 nitrogen and oxygen atoms in total. The average Bonchev–Trinajstić information content (AvgIpc) is 3.34. The summed E-state index contributed by atoms with van der Waals surface area (Å²) in [6.45, 7) is 7.07. The fourth-order valence-corrected chi connectivity index (χ4v) is 8.71. The van der Waals surface area contributed by atoms with Gasteiger partial charge < -0.3 is 19.1 Å². The number of rotatable bonds is 10. The Kier molecular flexibility index (Phi) is 11.2. The van der Waals surface area contributed by atoms with Crippen LogP contribution in [0.2, 0.25) is 5.02 Å². The maximum atomic E-state index is 14.3. The van der Waals surface area contributed by atoms with Crippen molar-refractivity contribution in [3.8, 4) is 17.2 Å². The first-order valence-electron chi connectivity index (χ1n) is 14.5. The van der Waals surface area contributed by atoms with E-state index in [1.807, 2.05) is 69.3 Å². The molecular weight excluding hydrogens is 852 g/mol. The summed E-state index contributed by atoms with van der Waals surface area (Å²) in [7, 11) is 3.15. The summed E-state index contributed by atoms with van der Waals surface area (Å²) in [5.41, 5.74) is 3.12. The number of carbonyl (C=O) groups is 1. The number of hydrogen-bond donors (Lipinski definition) is 0. The molecule has 1 aliphatic rings. The Morgan fingerprint density at radius 2 is 1.76 bits per heavy atom. The summed E-state index contributed by atoms with van der Waals surface area (Å²) >= 11 is 12.1. The first kappa shape index (κ1) is 34.5. The zero-order valence-electron chi connectivity index (χ0n) is 25.9. The quantitative estimate of drug-likeness (QED) is 0.169. The molecule has 4 aromatic rings. The van der Waals surface area contributed by atoms with Crippen LogP contribution in [0.4, 0.5) is 0 Å². The van der Waals surface area contributed by atoms with Crippen LogP contribution >= 0.6 is 68.1 Å². The highest BCUT2D eigenvalue weighted by Crippen LogP contribution is 2.38. The van der Waals surface area contributed by atoms with Crippen molar-refractivity contribution in [2.75, 3.05) is 27.3 Å². The number of aromatic nitrogens is 1. The Balaban J connectivity index is 1.63. The van der Waals surface area contributed by atoms with Crippen molar-refractivity contribution in [3.63, 3.8) is 0 Å². The molecule has 12 heteroatoms. The van der Waals surface area contributed by atoms with Crippen LogP contribution < -0.4 is 29.1 Å². The van der Waals surface area contributed by atoms with Crippen molar-refractivity contribution in [1.29, 1.82) is 0 Å². The van der Waals surface area contributed by atoms with Gasteiger partial charge in [0.05, 0.1) is 37.2 Å². The number of benzene rings is 3. The Morgan fingerprint density at radius 1 is 1.07 bits per heavy atom. The minimum atomic E-state index is -0.766. The maximum Gasteiger partial charge on any atom is 0.271 e. The summed E-state index contributed by atoms with van der Waals surface area (Å²) in [5, 5.41) is 0.654. The first-order chi connectivity index (χ1) is 22.1. The van der Waals surface area contributed by atoms with Gasteiger partial charge in [0.25, 0.3) is 11.5 Å². The summed E-state index contributed by atoms with van der Waals surface area (Å²) in [6, 6.07) is 16.2. The molecule has 1 atom stereocenters. The highest BCUT2D eigenvalue weighted by atomic mass is 127. The number of thiazole rings is 1. The summed E-state index contributed by atoms with van der Waals surface area (Å²) in [5.74, 6) is 1.70. The van der Waals surface area contributed by atoms with E-state index in [1.165, 1.54) is 11.3 Å². The van der Waals surface area contributed by atoms with Crippen LogP contribution in [0.1, 0.15) is 43.5 Å². The average molecular weight is 884 g/mol. The normalized spacial score (nSPS) is 14.5. The zero-order chi connectivity index (χ0) is 33.1. The molecule has 0 unspecified atom stereocenters. The number of methoxy groups -OCH3 is 2. The van der Waals surface area contributed by atoms with E-state index in [4.69, 9.17) is 30.8 Å². The molecule has 0 saturated heterocycles. The fraction of sp³-hybridized carbons (Fsp3) is 0.265. The smallest absolute Gasteiger partial charge is 0.271 e. The molecule has 2 heterocycles. The number of ether oxygens (including phenoxy) is 3. The summed E-state index contributed by atoms with van der Waals surface area (Å²) in [6.07, 6.45) is 1.86. The van der Waals surface area contributed by atoms with Gasteiger partial charge in [-0.25, -0.2) is 4.99 Å². The molecular formula is C34H32ClI2N3O5S. The van der Waals surface area contributed by atoms with Crippen LogP contribution in [-0.4, -0.2) is 42.7 Å². The lowest BCUT2D eigenvalue weighted by molar-refractivity contribution is -0.127. The van der Waals surface area contributed by atoms with Crippen LogP contribution in [0.5, 0.6) is 17.2 Å². The van der Waals surface area contributed by atoms with Crippen LogP contribution in [0.25, 0.3) is 6.08 Å². The molecule has 0 saturated carbocycles. The number of halogens is 3. The molecule has 3 aromatic carbocycles. The van der Waals surface area contributed by atoms with Gasteiger partial charge in [0.1, 0.15) is 29.9 Å². The molecule has 0 N–H and O–H groups in total. The lowest BCUT2D eigenvalue weighted by Gasteiger charge is -2.30. The van der Waals surface area contributed by atoms with Gasteiger partial charge >= 0.3 is 0 Å². The van der Waals surface area contributed by atoms with Gasteiger partial charge in [0.2, 0.25) is 0 Å². The lowest BCUT2D eigenvalue weighted by Crippen LogP contribution is -2.43. The molecule has 5 rings (SSSR count). The third kappa shape index (κ3) is 6.87. The highest BCUT2D eigenvalue weighted by Gasteiger charge is 2.36. The molecule has 1 aromatic heterocycles. The molecule has 0 bridgehead atoms. The van der Waals surface area contributed by atoms with Crippen LogP contribution in [-0.2, 0) is 11.4 Å². The molecule has 1 amide bonds. The minimum absolute atomic E-state index is 0.174. The number of fused-ring (bicyclic) bond motifs is 1. The second-order valence-corrected chi connectivity index (χ2v) is 14.1. The van der Waals surface area contributed by atoms with E-state index >= 15 is 0 Å². The van der Waals surface area contributed by atoms with Gasteiger partial charge in [0.15, 0.2) is 4.80 Å². The third-order valence-electron chi connectivity index (χ3n) is 7.68. The number of allylic oxidation sites excluding steroid dienone is 1. The molecule has 1 aliphatic heterocycles. The largest absolute Gasteiger partial charge is 0.497 e. The van der Waals surface area contributed by atoms with Gasteiger partial charge in [-0.15, -0.1) is 0 Å². The summed E-state index contributed by atoms with van der Waals surface area (Å²) < 4.78 is 21.4. The van der Waals surface area contributed by atoms with E-state index in [0.29, 0.717) is 62.4 Å². The van der Waals surface area contributed by atoms with E-state index in [0.717, 1.165) is 24.0 Å². The number of hydrogen-bond acceptors (Lipinski definition) is 7. The topological polar surface area (TPSA) is 82.4 Å². The van der Waals surface area contributed by atoms with E-state index in [1.54, 1.807) is 35.8 Å². The van der Waals surface area contributed by atoms with Gasteiger partial charge in [-0.1, -0.05) is 41.1 Å². The Bertz CT molecular complexity index is 2000. The lowest BCUT2D eigenvalue weighted by atomic mass is 9.93. The second kappa shape index (κ2) is 14.9. The van der Waals surface area contributed by atoms with Crippen LogP contribution in [0.15, 0.2) is 75.7 Å². The first-order valence-corrected chi connectivity index (χ1v) is 17.9. The fourth-order valence-electron chi connectivity index (χ4n) is 5.34. The Hall–Kier alpha value is -2.88. The highest BCUT2D eigenvalue weighted by molar-refractivity contribution is 14.1. The minimum Gasteiger partial charge on any atom is -0.497 e. The predicted octanol–water partition coefficient (Wildman–Crippen LogP) is 6.56. The Morgan fingerprint density at radius 3 is 2.39 bits per heavy atom. The van der Waals surface area contributed by atoms with E-state index in [2.05, 4.69) is 45.2 Å². The van der Waals surface area contributed by atoms with E-state index in [9.17, 15) is 9.59 Å². The van der Waals surface area contributed by atoms with Crippen molar-refractivity contribution in [2.45, 2.75) is 33.4 Å². The molecule has 0 aliphatic carbocycles. The number of carbonyl (C=O) groups excluding carboxylic acids is 1. The molecule has 0 spiro atoms. The van der Waals surface area contributed by atoms with Gasteiger partial charge in [0, 0.05) is 29.2 Å². The Labute approximate surface area is 303 Å². The molecule has 240 valence electrons. The van der Waals surface area contributed by atoms with Crippen molar-refractivity contribution in [2.24, 2.45) is 4.99 Å². The van der Waals surface area contributed by atoms with Crippen molar-refractivity contribution >= 4 is 80.1 Å². The van der Waals surface area contributed by atoms with E-state index in [-0.39, 0.29) is 11.5 Å². The third-order valence-corrected chi connectivity index (χ3v) is 10.6. The maximum absolute atomic E-state index is 14.3. The van der Waals surface area contributed by atoms with Crippen molar-refractivity contribution in [1.82, 2.24) is 9.47 Å². The van der Waals surface area contributed by atoms with Crippen LogP contribution in [0, 0.1) is 7.14 Å². The predicted molar refractivity (Wildman–Crippen MR) is 199 cm³/mol. The van der Waals surface area contributed by atoms with Gasteiger partial charge in [-0.3, -0.25) is 14.2 Å². The molecule has 0 fully saturated rings. The SMILES string of the molecule is CCN(CC)C(=O)C1=C(C)N=c2s/c(=C/c3cc(I)c(OCc4ccccc4Cl)c(I)c3)c(=O)n2[C@H]1c1cc(OC)ccc1OC. The number of amides is 1. The monoisotopic (exact) mass is 883 g/mol. The second-order valence-electron chi connectivity index (χ2n) is 10.4. The van der Waals surface area contributed by atoms with Gasteiger partial charge in [-0.2, -0.15) is 0 Å². The van der Waals surface area contributed by atoms with Crippen LogP contribution in [0.3, 0.4) is 0 Å². The summed E-state index contributed by atoms with van der Waals surface area (Å²) in [4.78, 5) is 35.3. The van der Waals surface area contributed by atoms with E-state index < -0.39 is 6.04 Å². The van der Waals surface area contributed by atoms with Gasteiger partial charge in [-0.05, 0) is 114 Å². The van der Waals surface area contributed by atoms with Crippen molar-refractivity contribution < 1.29 is 19.0 Å².